The summed E-state index contributed by atoms with van der Waals surface area (Å²) in [6.45, 7) is 1.97. The Morgan fingerprint density at radius 3 is 3.00 bits per heavy atom. The molecule has 0 saturated heterocycles. The molecule has 0 atom stereocenters. The van der Waals surface area contributed by atoms with E-state index in [0.717, 1.165) is 16.6 Å². The Hall–Kier alpha value is -1.45. The Kier molecular flexibility index (Phi) is 5.60. The van der Waals surface area contributed by atoms with Crippen LogP contribution in [0.25, 0.3) is 0 Å². The third-order valence-electron chi connectivity index (χ3n) is 1.84. The standard InChI is InChI=1S/C11H12N2O2S2/c1-2-15-11(14)10(17-7-12)9(13)6-8-4-3-5-16-8/h3-5H,2,6,13H2,1H3/b10-9+. The van der Waals surface area contributed by atoms with Crippen LogP contribution in [0.5, 0.6) is 0 Å². The topological polar surface area (TPSA) is 76.1 Å². The Morgan fingerprint density at radius 1 is 1.71 bits per heavy atom. The van der Waals surface area contributed by atoms with Gasteiger partial charge in [0.2, 0.25) is 0 Å². The molecule has 0 aliphatic rings. The number of nitrogens with two attached hydrogens (primary N) is 1. The fourth-order valence-electron chi connectivity index (χ4n) is 1.16. The SMILES string of the molecule is CCOC(=O)/C(SC#N)=C(\N)Cc1cccs1. The minimum absolute atomic E-state index is 0.183. The highest BCUT2D eigenvalue weighted by Crippen LogP contribution is 2.22. The monoisotopic (exact) mass is 268 g/mol. The first kappa shape index (κ1) is 13.6. The van der Waals surface area contributed by atoms with Gasteiger partial charge >= 0.3 is 5.97 Å². The van der Waals surface area contributed by atoms with Crippen molar-refractivity contribution in [3.8, 4) is 5.40 Å². The lowest BCUT2D eigenvalue weighted by molar-refractivity contribution is -0.137. The van der Waals surface area contributed by atoms with Gasteiger partial charge in [-0.25, -0.2) is 4.79 Å². The van der Waals surface area contributed by atoms with Gasteiger partial charge < -0.3 is 10.5 Å². The van der Waals surface area contributed by atoms with Crippen molar-refractivity contribution < 1.29 is 9.53 Å². The molecule has 90 valence electrons. The fourth-order valence-corrected chi connectivity index (χ4v) is 2.33. The van der Waals surface area contributed by atoms with E-state index in [2.05, 4.69) is 0 Å². The number of thiocyanates is 1. The molecule has 0 saturated carbocycles. The number of thiophene rings is 1. The maximum atomic E-state index is 11.6. The third kappa shape index (κ3) is 4.13. The van der Waals surface area contributed by atoms with Crippen LogP contribution in [0.15, 0.2) is 28.1 Å². The zero-order valence-electron chi connectivity index (χ0n) is 9.30. The van der Waals surface area contributed by atoms with Crippen molar-refractivity contribution in [2.75, 3.05) is 6.61 Å². The first-order chi connectivity index (χ1) is 8.19. The lowest BCUT2D eigenvalue weighted by Crippen LogP contribution is -2.13. The van der Waals surface area contributed by atoms with Crippen LogP contribution < -0.4 is 5.73 Å². The van der Waals surface area contributed by atoms with Crippen LogP contribution in [0.2, 0.25) is 0 Å². The maximum Gasteiger partial charge on any atom is 0.347 e. The van der Waals surface area contributed by atoms with E-state index in [1.165, 1.54) is 0 Å². The van der Waals surface area contributed by atoms with E-state index in [1.54, 1.807) is 18.3 Å². The van der Waals surface area contributed by atoms with E-state index in [4.69, 9.17) is 15.7 Å². The molecule has 6 heteroatoms. The summed E-state index contributed by atoms with van der Waals surface area (Å²) in [5.41, 5.74) is 6.21. The van der Waals surface area contributed by atoms with Gasteiger partial charge in [-0.1, -0.05) is 6.07 Å². The van der Waals surface area contributed by atoms with Crippen LogP contribution in [0.1, 0.15) is 11.8 Å². The Labute approximate surface area is 108 Å². The molecule has 1 rings (SSSR count). The summed E-state index contributed by atoms with van der Waals surface area (Å²) >= 11 is 2.30. The van der Waals surface area contributed by atoms with E-state index >= 15 is 0 Å². The van der Waals surface area contributed by atoms with Crippen molar-refractivity contribution in [3.05, 3.63) is 33.0 Å². The van der Waals surface area contributed by atoms with Crippen LogP contribution in [0.4, 0.5) is 0 Å². The predicted molar refractivity (Wildman–Crippen MR) is 69.1 cm³/mol. The number of nitrogens with zero attached hydrogens (tertiary/aromatic N) is 1. The highest BCUT2D eigenvalue weighted by Gasteiger charge is 2.16. The van der Waals surface area contributed by atoms with E-state index in [0.29, 0.717) is 12.1 Å². The Balaban J connectivity index is 2.86. The molecule has 0 aromatic carbocycles. The highest BCUT2D eigenvalue weighted by atomic mass is 32.2. The molecule has 2 N–H and O–H groups in total. The number of allylic oxidation sites excluding steroid dienone is 1. The molecule has 1 aromatic heterocycles. The molecule has 4 nitrogen and oxygen atoms in total. The summed E-state index contributed by atoms with van der Waals surface area (Å²) in [6, 6.07) is 3.84. The Morgan fingerprint density at radius 2 is 2.47 bits per heavy atom. The van der Waals surface area contributed by atoms with Crippen molar-refractivity contribution >= 4 is 29.1 Å². The Bertz CT molecular complexity index is 447. The second-order valence-electron chi connectivity index (χ2n) is 3.02. The van der Waals surface area contributed by atoms with Crippen molar-refractivity contribution in [1.82, 2.24) is 0 Å². The van der Waals surface area contributed by atoms with Crippen LogP contribution in [-0.2, 0) is 16.0 Å². The van der Waals surface area contributed by atoms with Crippen LogP contribution in [0, 0.1) is 10.7 Å². The summed E-state index contributed by atoms with van der Waals surface area (Å²) in [5.74, 6) is -0.534. The predicted octanol–water partition coefficient (Wildman–Crippen LogP) is 2.24. The van der Waals surface area contributed by atoms with Crippen molar-refractivity contribution in [3.63, 3.8) is 0 Å². The average Bonchev–Trinajstić information content (AvgIpc) is 2.78. The number of carbonyl (C=O) groups excluding carboxylic acids is 1. The highest BCUT2D eigenvalue weighted by molar-refractivity contribution is 8.08. The molecule has 17 heavy (non-hydrogen) atoms. The van der Waals surface area contributed by atoms with E-state index < -0.39 is 5.97 Å². The van der Waals surface area contributed by atoms with E-state index in [9.17, 15) is 4.79 Å². The summed E-state index contributed by atoms with van der Waals surface area (Å²) < 4.78 is 4.85. The van der Waals surface area contributed by atoms with Crippen molar-refractivity contribution in [2.24, 2.45) is 5.73 Å². The van der Waals surface area contributed by atoms with Gasteiger partial charge in [-0.3, -0.25) is 0 Å². The lowest BCUT2D eigenvalue weighted by Gasteiger charge is -2.06. The number of nitriles is 1. The minimum Gasteiger partial charge on any atom is -0.462 e. The largest absolute Gasteiger partial charge is 0.462 e. The van der Waals surface area contributed by atoms with Gasteiger partial charge in [0, 0.05) is 17.0 Å². The number of hydrogen-bond donors (Lipinski definition) is 1. The lowest BCUT2D eigenvalue weighted by atomic mass is 10.2. The third-order valence-corrected chi connectivity index (χ3v) is 3.45. The summed E-state index contributed by atoms with van der Waals surface area (Å²) in [6.07, 6.45) is 0.459. The fraction of sp³-hybridized carbons (Fsp3) is 0.273. The van der Waals surface area contributed by atoms with Gasteiger partial charge in [-0.05, 0) is 30.1 Å². The minimum atomic E-state index is -0.534. The van der Waals surface area contributed by atoms with Gasteiger partial charge in [-0.2, -0.15) is 5.26 Å². The molecule has 0 bridgehead atoms. The summed E-state index contributed by atoms with van der Waals surface area (Å²) in [4.78, 5) is 12.8. The zero-order valence-corrected chi connectivity index (χ0v) is 10.9. The molecule has 0 aliphatic carbocycles. The molecule has 0 fully saturated rings. The number of hydrogen-bond acceptors (Lipinski definition) is 6. The summed E-state index contributed by atoms with van der Waals surface area (Å²) in [7, 11) is 0. The van der Waals surface area contributed by atoms with Gasteiger partial charge in [0.1, 0.15) is 10.3 Å². The first-order valence-corrected chi connectivity index (χ1v) is 6.62. The number of esters is 1. The van der Waals surface area contributed by atoms with Gasteiger partial charge in [0.25, 0.3) is 0 Å². The normalized spacial score (nSPS) is 11.5. The van der Waals surface area contributed by atoms with Crippen LogP contribution in [-0.4, -0.2) is 12.6 Å². The smallest absolute Gasteiger partial charge is 0.347 e. The number of ether oxygens (including phenoxy) is 1. The summed E-state index contributed by atoms with van der Waals surface area (Å²) in [5, 5.41) is 12.4. The van der Waals surface area contributed by atoms with Crippen LogP contribution >= 0.6 is 23.1 Å². The van der Waals surface area contributed by atoms with Crippen molar-refractivity contribution in [1.29, 1.82) is 5.26 Å². The van der Waals surface area contributed by atoms with Gasteiger partial charge in [0.05, 0.1) is 6.61 Å². The average molecular weight is 268 g/mol. The van der Waals surface area contributed by atoms with Crippen molar-refractivity contribution in [2.45, 2.75) is 13.3 Å². The molecular formula is C11H12N2O2S2. The second kappa shape index (κ2) is 6.99. The van der Waals surface area contributed by atoms with Crippen LogP contribution in [0.3, 0.4) is 0 Å². The molecule has 1 heterocycles. The zero-order chi connectivity index (χ0) is 12.7. The molecule has 0 radical (unpaired) electrons. The maximum absolute atomic E-state index is 11.6. The number of thioether (sulfide) groups is 1. The number of rotatable bonds is 5. The van der Waals surface area contributed by atoms with Gasteiger partial charge in [0.15, 0.2) is 0 Å². The molecule has 0 spiro atoms. The molecular weight excluding hydrogens is 256 g/mol. The number of carbonyl (C=O) groups is 1. The van der Waals surface area contributed by atoms with E-state index in [1.807, 2.05) is 22.9 Å². The molecule has 0 aliphatic heterocycles. The molecule has 1 aromatic rings. The quantitative estimate of drug-likeness (QED) is 0.503. The van der Waals surface area contributed by atoms with E-state index in [-0.39, 0.29) is 11.5 Å². The second-order valence-corrected chi connectivity index (χ2v) is 4.85. The molecule has 0 unspecified atom stereocenters. The first-order valence-electron chi connectivity index (χ1n) is 4.93. The molecule has 0 amide bonds. The van der Waals surface area contributed by atoms with Gasteiger partial charge in [-0.15, -0.1) is 11.3 Å².